The van der Waals surface area contributed by atoms with Crippen molar-refractivity contribution in [2.24, 2.45) is 22.7 Å². The minimum atomic E-state index is -0.987. The number of esters is 3. The van der Waals surface area contributed by atoms with Crippen molar-refractivity contribution in [2.75, 3.05) is 0 Å². The number of rotatable bonds is 11. The smallest absolute Gasteiger partial charge is 0.308 e. The van der Waals surface area contributed by atoms with Crippen LogP contribution in [0.2, 0.25) is 0 Å². The highest BCUT2D eigenvalue weighted by molar-refractivity contribution is 5.70. The highest BCUT2D eigenvalue weighted by atomic mass is 16.8. The molecule has 0 radical (unpaired) electrons. The Kier molecular flexibility index (Phi) is 9.43. The molecule has 0 N–H and O–H groups in total. The predicted molar refractivity (Wildman–Crippen MR) is 140 cm³/mol. The minimum absolute atomic E-state index is 0.0416. The van der Waals surface area contributed by atoms with Gasteiger partial charge in [0.2, 0.25) is 12.6 Å². The topological polar surface area (TPSA) is 88.1 Å². The Balaban J connectivity index is 2.11. The summed E-state index contributed by atoms with van der Waals surface area (Å²) in [6, 6.07) is 0. The van der Waals surface area contributed by atoms with E-state index in [1.807, 2.05) is 19.9 Å². The highest BCUT2D eigenvalue weighted by Crippen LogP contribution is 2.67. The van der Waals surface area contributed by atoms with E-state index in [1.165, 1.54) is 6.92 Å². The third-order valence-corrected chi connectivity index (χ3v) is 8.80. The van der Waals surface area contributed by atoms with Crippen LogP contribution in [-0.4, -0.2) is 36.6 Å². The molecule has 7 heteroatoms. The van der Waals surface area contributed by atoms with E-state index in [0.29, 0.717) is 31.6 Å². The van der Waals surface area contributed by atoms with Gasteiger partial charge in [0.05, 0.1) is 5.41 Å². The van der Waals surface area contributed by atoms with Gasteiger partial charge in [0, 0.05) is 25.3 Å². The van der Waals surface area contributed by atoms with Crippen LogP contribution < -0.4 is 0 Å². The van der Waals surface area contributed by atoms with Gasteiger partial charge < -0.3 is 14.2 Å². The Labute approximate surface area is 221 Å². The summed E-state index contributed by atoms with van der Waals surface area (Å²) < 4.78 is 23.8. The molecule has 37 heavy (non-hydrogen) atoms. The van der Waals surface area contributed by atoms with Gasteiger partial charge >= 0.3 is 17.9 Å². The van der Waals surface area contributed by atoms with Crippen LogP contribution in [0.1, 0.15) is 92.4 Å². The standard InChI is InChI=1S/C30H44O7/c1-8-11-25(32)35-22-17-23-27(36-26(33)12-9-2)37-28(34-21(6)31)30(23)16-14-20(5)29(7,24(30)18-22)15-13-19(4)10-3/h10,17,20,22,24,27-28H,3-4,8-9,11-16,18H2,1-2,5-7H3/t20-,22+,24+,27+,28-,29-,30-/m1/s1. The summed E-state index contributed by atoms with van der Waals surface area (Å²) in [6.45, 7) is 17.7. The second-order valence-corrected chi connectivity index (χ2v) is 11.2. The maximum Gasteiger partial charge on any atom is 0.308 e. The van der Waals surface area contributed by atoms with E-state index >= 15 is 0 Å². The molecule has 3 rings (SSSR count). The average Bonchev–Trinajstić information content (AvgIpc) is 3.11. The normalized spacial score (nSPS) is 34.4. The molecule has 0 aromatic carbocycles. The lowest BCUT2D eigenvalue weighted by Crippen LogP contribution is -2.57. The largest absolute Gasteiger partial charge is 0.458 e. The zero-order chi connectivity index (χ0) is 27.4. The lowest BCUT2D eigenvalue weighted by molar-refractivity contribution is -0.236. The molecular formula is C30H44O7. The minimum Gasteiger partial charge on any atom is -0.458 e. The fraction of sp³-hybridized carbons (Fsp3) is 0.700. The van der Waals surface area contributed by atoms with E-state index in [0.717, 1.165) is 36.8 Å². The second kappa shape index (κ2) is 12.0. The zero-order valence-electron chi connectivity index (χ0n) is 23.2. The fourth-order valence-electron chi connectivity index (χ4n) is 6.62. The van der Waals surface area contributed by atoms with Crippen molar-refractivity contribution in [1.29, 1.82) is 0 Å². The first-order chi connectivity index (χ1) is 17.5. The maximum absolute atomic E-state index is 12.6. The molecule has 0 aromatic rings. The van der Waals surface area contributed by atoms with Crippen molar-refractivity contribution < 1.29 is 33.3 Å². The van der Waals surface area contributed by atoms with Crippen molar-refractivity contribution in [2.45, 2.75) is 111 Å². The molecule has 206 valence electrons. The van der Waals surface area contributed by atoms with E-state index in [4.69, 9.17) is 18.9 Å². The number of hydrogen-bond acceptors (Lipinski definition) is 7. The zero-order valence-corrected chi connectivity index (χ0v) is 23.2. The van der Waals surface area contributed by atoms with Crippen molar-refractivity contribution in [3.8, 4) is 0 Å². The summed E-state index contributed by atoms with van der Waals surface area (Å²) in [6.07, 6.45) is 7.10. The van der Waals surface area contributed by atoms with Crippen molar-refractivity contribution in [3.05, 3.63) is 36.5 Å². The average molecular weight is 517 g/mol. The third-order valence-electron chi connectivity index (χ3n) is 8.80. The number of carbonyl (C=O) groups is 3. The quantitative estimate of drug-likeness (QED) is 0.140. The number of ether oxygens (including phenoxy) is 4. The van der Waals surface area contributed by atoms with Gasteiger partial charge in [-0.3, -0.25) is 19.1 Å². The molecule has 2 fully saturated rings. The van der Waals surface area contributed by atoms with Crippen LogP contribution in [0, 0.1) is 22.7 Å². The molecule has 7 nitrogen and oxygen atoms in total. The van der Waals surface area contributed by atoms with Crippen LogP contribution in [0.25, 0.3) is 0 Å². The van der Waals surface area contributed by atoms with Gasteiger partial charge in [0.15, 0.2) is 0 Å². The van der Waals surface area contributed by atoms with Gasteiger partial charge in [-0.05, 0) is 68.3 Å². The van der Waals surface area contributed by atoms with E-state index in [2.05, 4.69) is 27.0 Å². The molecule has 1 saturated heterocycles. The summed E-state index contributed by atoms with van der Waals surface area (Å²) >= 11 is 0. The van der Waals surface area contributed by atoms with Crippen molar-refractivity contribution in [3.63, 3.8) is 0 Å². The third kappa shape index (κ3) is 5.87. The predicted octanol–water partition coefficient (Wildman–Crippen LogP) is 6.18. The molecule has 0 unspecified atom stereocenters. The Morgan fingerprint density at radius 3 is 2.35 bits per heavy atom. The summed E-state index contributed by atoms with van der Waals surface area (Å²) in [5.41, 5.74) is 0.849. The highest BCUT2D eigenvalue weighted by Gasteiger charge is 2.67. The van der Waals surface area contributed by atoms with Gasteiger partial charge in [0.1, 0.15) is 6.10 Å². The Bertz CT molecular complexity index is 936. The van der Waals surface area contributed by atoms with Crippen LogP contribution >= 0.6 is 0 Å². The molecule has 2 aliphatic carbocycles. The van der Waals surface area contributed by atoms with E-state index in [-0.39, 0.29) is 29.7 Å². The van der Waals surface area contributed by atoms with Crippen LogP contribution in [0.4, 0.5) is 0 Å². The Morgan fingerprint density at radius 1 is 1.11 bits per heavy atom. The van der Waals surface area contributed by atoms with E-state index in [9.17, 15) is 14.4 Å². The first-order valence-corrected chi connectivity index (χ1v) is 13.8. The molecule has 0 bridgehead atoms. The SMILES string of the molecule is C=CC(=C)CC[C@]1(C)[C@H](C)CC[C@@]23C(=C[C@H](OC(=O)CCC)C[C@@H]12)[C@@H](OC(=O)CCC)O[C@H]3OC(C)=O. The first-order valence-electron chi connectivity index (χ1n) is 13.8. The lowest BCUT2D eigenvalue weighted by Gasteiger charge is -2.58. The molecule has 7 atom stereocenters. The number of carbonyl (C=O) groups excluding carboxylic acids is 3. The summed E-state index contributed by atoms with van der Waals surface area (Å²) in [7, 11) is 0. The van der Waals surface area contributed by atoms with Gasteiger partial charge in [-0.2, -0.15) is 0 Å². The lowest BCUT2D eigenvalue weighted by atomic mass is 9.46. The molecular weight excluding hydrogens is 472 g/mol. The molecule has 1 aliphatic heterocycles. The number of allylic oxidation sites excluding steroid dienone is 2. The van der Waals surface area contributed by atoms with Gasteiger partial charge in [-0.25, -0.2) is 0 Å². The first kappa shape index (κ1) is 29.2. The number of hydrogen-bond donors (Lipinski definition) is 0. The summed E-state index contributed by atoms with van der Waals surface area (Å²) in [4.78, 5) is 37.3. The molecule has 1 spiro atoms. The molecule has 1 saturated carbocycles. The van der Waals surface area contributed by atoms with Crippen LogP contribution in [0.5, 0.6) is 0 Å². The van der Waals surface area contributed by atoms with Crippen LogP contribution in [0.3, 0.4) is 0 Å². The van der Waals surface area contributed by atoms with E-state index < -0.39 is 30.1 Å². The molecule has 0 amide bonds. The van der Waals surface area contributed by atoms with Crippen LogP contribution in [-0.2, 0) is 33.3 Å². The monoisotopic (exact) mass is 516 g/mol. The maximum atomic E-state index is 12.6. The molecule has 1 heterocycles. The van der Waals surface area contributed by atoms with Gasteiger partial charge in [0.25, 0.3) is 0 Å². The van der Waals surface area contributed by atoms with E-state index in [1.54, 1.807) is 6.08 Å². The van der Waals surface area contributed by atoms with Crippen molar-refractivity contribution >= 4 is 17.9 Å². The Hall–Kier alpha value is -2.41. The summed E-state index contributed by atoms with van der Waals surface area (Å²) in [5.74, 6) is -0.762. The Morgan fingerprint density at radius 2 is 1.76 bits per heavy atom. The molecule has 3 aliphatic rings. The second-order valence-electron chi connectivity index (χ2n) is 11.2. The molecule has 0 aromatic heterocycles. The summed E-state index contributed by atoms with van der Waals surface area (Å²) in [5, 5.41) is 0. The van der Waals surface area contributed by atoms with Gasteiger partial charge in [-0.1, -0.05) is 52.5 Å². The van der Waals surface area contributed by atoms with Gasteiger partial charge in [-0.15, -0.1) is 0 Å². The van der Waals surface area contributed by atoms with Crippen molar-refractivity contribution in [1.82, 2.24) is 0 Å². The fourth-order valence-corrected chi connectivity index (χ4v) is 6.62. The van der Waals surface area contributed by atoms with Crippen LogP contribution in [0.15, 0.2) is 36.5 Å².